The van der Waals surface area contributed by atoms with Crippen molar-refractivity contribution in [3.63, 3.8) is 0 Å². The monoisotopic (exact) mass is 323 g/mol. The maximum Gasteiger partial charge on any atom is 0.328 e. The van der Waals surface area contributed by atoms with Gasteiger partial charge in [-0.2, -0.15) is 0 Å². The van der Waals surface area contributed by atoms with Gasteiger partial charge in [0.15, 0.2) is 0 Å². The summed E-state index contributed by atoms with van der Waals surface area (Å²) in [6.45, 7) is 1.11. The lowest BCUT2D eigenvalue weighted by Crippen LogP contribution is -2.33. The zero-order valence-electron chi connectivity index (χ0n) is 13.5. The molecule has 0 saturated heterocycles. The third kappa shape index (κ3) is 6.08. The molecule has 4 nitrogen and oxygen atoms in total. The van der Waals surface area contributed by atoms with Crippen molar-refractivity contribution >= 4 is 11.9 Å². The van der Waals surface area contributed by atoms with Gasteiger partial charge in [0, 0.05) is 25.2 Å². The minimum absolute atomic E-state index is 0.274. The molecule has 0 spiro atoms. The number of hydrogen-bond acceptors (Lipinski definition) is 2. The molecule has 2 aromatic rings. The molecular formula is C20H21NO3. The van der Waals surface area contributed by atoms with Crippen molar-refractivity contribution in [2.45, 2.75) is 12.8 Å². The Hall–Kier alpha value is -2.88. The van der Waals surface area contributed by atoms with Gasteiger partial charge in [-0.1, -0.05) is 60.7 Å². The number of carbonyl (C=O) groups excluding carboxylic acids is 1. The van der Waals surface area contributed by atoms with Crippen molar-refractivity contribution in [3.05, 3.63) is 83.9 Å². The Morgan fingerprint density at radius 3 is 1.67 bits per heavy atom. The lowest BCUT2D eigenvalue weighted by molar-refractivity contribution is -0.132. The first-order valence-electron chi connectivity index (χ1n) is 7.93. The van der Waals surface area contributed by atoms with E-state index in [1.165, 1.54) is 0 Å². The van der Waals surface area contributed by atoms with Crippen molar-refractivity contribution in [2.24, 2.45) is 0 Å². The SMILES string of the molecule is O=C(O)/C=C/C(=O)N(CCc1ccccc1)CCc1ccccc1. The molecule has 0 aliphatic carbocycles. The second-order valence-electron chi connectivity index (χ2n) is 5.47. The number of carbonyl (C=O) groups is 2. The highest BCUT2D eigenvalue weighted by Crippen LogP contribution is 2.06. The van der Waals surface area contributed by atoms with Crippen LogP contribution in [0.2, 0.25) is 0 Å². The van der Waals surface area contributed by atoms with Crippen LogP contribution in [0.25, 0.3) is 0 Å². The van der Waals surface area contributed by atoms with Crippen molar-refractivity contribution in [1.82, 2.24) is 4.90 Å². The smallest absolute Gasteiger partial charge is 0.328 e. The fourth-order valence-corrected chi connectivity index (χ4v) is 2.40. The van der Waals surface area contributed by atoms with E-state index in [2.05, 4.69) is 0 Å². The van der Waals surface area contributed by atoms with E-state index < -0.39 is 5.97 Å². The van der Waals surface area contributed by atoms with Crippen LogP contribution >= 0.6 is 0 Å². The van der Waals surface area contributed by atoms with Gasteiger partial charge in [-0.15, -0.1) is 0 Å². The number of carboxylic acid groups (broad SMARTS) is 1. The topological polar surface area (TPSA) is 57.6 Å². The van der Waals surface area contributed by atoms with E-state index >= 15 is 0 Å². The van der Waals surface area contributed by atoms with E-state index in [1.807, 2.05) is 60.7 Å². The van der Waals surface area contributed by atoms with Crippen LogP contribution in [-0.2, 0) is 22.4 Å². The van der Waals surface area contributed by atoms with Crippen LogP contribution < -0.4 is 0 Å². The number of rotatable bonds is 8. The molecule has 24 heavy (non-hydrogen) atoms. The lowest BCUT2D eigenvalue weighted by Gasteiger charge is -2.21. The van der Waals surface area contributed by atoms with Gasteiger partial charge < -0.3 is 10.0 Å². The largest absolute Gasteiger partial charge is 0.478 e. The highest BCUT2D eigenvalue weighted by molar-refractivity contribution is 5.93. The maximum atomic E-state index is 12.3. The first-order chi connectivity index (χ1) is 11.6. The summed E-state index contributed by atoms with van der Waals surface area (Å²) in [7, 11) is 0. The van der Waals surface area contributed by atoms with E-state index in [-0.39, 0.29) is 5.91 Å². The lowest BCUT2D eigenvalue weighted by atomic mass is 10.1. The molecule has 0 bridgehead atoms. The molecule has 0 heterocycles. The van der Waals surface area contributed by atoms with Crippen molar-refractivity contribution in [2.75, 3.05) is 13.1 Å². The second kappa shape index (κ2) is 9.30. The number of carboxylic acids is 1. The number of benzene rings is 2. The molecule has 0 aromatic heterocycles. The van der Waals surface area contributed by atoms with Gasteiger partial charge in [-0.25, -0.2) is 4.79 Å². The fourth-order valence-electron chi connectivity index (χ4n) is 2.40. The summed E-state index contributed by atoms with van der Waals surface area (Å²) >= 11 is 0. The fraction of sp³-hybridized carbons (Fsp3) is 0.200. The average molecular weight is 323 g/mol. The summed E-state index contributed by atoms with van der Waals surface area (Å²) in [6.07, 6.45) is 3.49. The molecule has 2 rings (SSSR count). The normalized spacial score (nSPS) is 10.7. The van der Waals surface area contributed by atoms with Gasteiger partial charge >= 0.3 is 5.97 Å². The summed E-state index contributed by atoms with van der Waals surface area (Å²) in [5, 5.41) is 8.70. The predicted molar refractivity (Wildman–Crippen MR) is 93.6 cm³/mol. The Bertz CT molecular complexity index is 637. The van der Waals surface area contributed by atoms with Crippen LogP contribution in [0.4, 0.5) is 0 Å². The van der Waals surface area contributed by atoms with Crippen molar-refractivity contribution < 1.29 is 14.7 Å². The minimum Gasteiger partial charge on any atom is -0.478 e. The molecule has 2 aromatic carbocycles. The van der Waals surface area contributed by atoms with Crippen LogP contribution in [0.3, 0.4) is 0 Å². The van der Waals surface area contributed by atoms with E-state index in [9.17, 15) is 9.59 Å². The first-order valence-corrected chi connectivity index (χ1v) is 7.93. The third-order valence-corrected chi connectivity index (χ3v) is 3.71. The highest BCUT2D eigenvalue weighted by atomic mass is 16.4. The van der Waals surface area contributed by atoms with Crippen molar-refractivity contribution in [3.8, 4) is 0 Å². The number of aliphatic carboxylic acids is 1. The van der Waals surface area contributed by atoms with E-state index in [0.29, 0.717) is 13.1 Å². The van der Waals surface area contributed by atoms with Crippen LogP contribution in [0.15, 0.2) is 72.8 Å². The Morgan fingerprint density at radius 2 is 1.25 bits per heavy atom. The second-order valence-corrected chi connectivity index (χ2v) is 5.47. The number of hydrogen-bond donors (Lipinski definition) is 1. The van der Waals surface area contributed by atoms with Gasteiger partial charge in [-0.05, 0) is 24.0 Å². The van der Waals surface area contributed by atoms with Crippen LogP contribution in [0.1, 0.15) is 11.1 Å². The molecule has 4 heteroatoms. The van der Waals surface area contributed by atoms with Crippen LogP contribution in [0.5, 0.6) is 0 Å². The quantitative estimate of drug-likeness (QED) is 0.760. The summed E-state index contributed by atoms with van der Waals surface area (Å²) in [6, 6.07) is 19.9. The average Bonchev–Trinajstić information content (AvgIpc) is 2.61. The Kier molecular flexibility index (Phi) is 6.77. The summed E-state index contributed by atoms with van der Waals surface area (Å²) in [4.78, 5) is 24.6. The molecule has 0 fully saturated rings. The van der Waals surface area contributed by atoms with Crippen molar-refractivity contribution in [1.29, 1.82) is 0 Å². The van der Waals surface area contributed by atoms with Crippen LogP contribution in [0, 0.1) is 0 Å². The first kappa shape index (κ1) is 17.5. The number of nitrogens with zero attached hydrogens (tertiary/aromatic N) is 1. The highest BCUT2D eigenvalue weighted by Gasteiger charge is 2.11. The van der Waals surface area contributed by atoms with Gasteiger partial charge in [0.25, 0.3) is 0 Å². The zero-order chi connectivity index (χ0) is 17.2. The predicted octanol–water partition coefficient (Wildman–Crippen LogP) is 2.94. The summed E-state index contributed by atoms with van der Waals surface area (Å²) in [5.74, 6) is -1.39. The molecule has 1 N–H and O–H groups in total. The molecule has 0 saturated carbocycles. The summed E-state index contributed by atoms with van der Waals surface area (Å²) in [5.41, 5.74) is 2.30. The van der Waals surface area contributed by atoms with Gasteiger partial charge in [-0.3, -0.25) is 4.79 Å². The Balaban J connectivity index is 1.99. The molecule has 124 valence electrons. The zero-order valence-corrected chi connectivity index (χ0v) is 13.5. The molecule has 0 atom stereocenters. The van der Waals surface area contributed by atoms with E-state index in [0.717, 1.165) is 36.1 Å². The molecule has 0 radical (unpaired) electrons. The molecular weight excluding hydrogens is 302 g/mol. The third-order valence-electron chi connectivity index (χ3n) is 3.71. The summed E-state index contributed by atoms with van der Waals surface area (Å²) < 4.78 is 0. The molecule has 0 unspecified atom stereocenters. The van der Waals surface area contributed by atoms with Crippen LogP contribution in [-0.4, -0.2) is 35.0 Å². The minimum atomic E-state index is -1.12. The van der Waals surface area contributed by atoms with Gasteiger partial charge in [0.05, 0.1) is 0 Å². The molecule has 0 aliphatic rings. The van der Waals surface area contributed by atoms with E-state index in [4.69, 9.17) is 5.11 Å². The maximum absolute atomic E-state index is 12.3. The Labute approximate surface area is 142 Å². The molecule has 0 aliphatic heterocycles. The van der Waals surface area contributed by atoms with Gasteiger partial charge in [0.1, 0.15) is 0 Å². The van der Waals surface area contributed by atoms with E-state index in [1.54, 1.807) is 4.90 Å². The standard InChI is InChI=1S/C20H21NO3/c22-19(11-12-20(23)24)21(15-13-17-7-3-1-4-8-17)16-14-18-9-5-2-6-10-18/h1-12H,13-16H2,(H,23,24)/b12-11+. The number of amides is 1. The van der Waals surface area contributed by atoms with Gasteiger partial charge in [0.2, 0.25) is 5.91 Å². The molecule has 1 amide bonds. The Morgan fingerprint density at radius 1 is 0.792 bits per heavy atom.